The molecule has 1 rings (SSSR count). The maximum Gasteiger partial charge on any atom is 0.265 e. The molecule has 0 aromatic carbocycles. The molecule has 0 spiro atoms. The summed E-state index contributed by atoms with van der Waals surface area (Å²) in [7, 11) is 3.75. The molecular formula is C9H18N4O. The van der Waals surface area contributed by atoms with Crippen LogP contribution in [0.2, 0.25) is 0 Å². The van der Waals surface area contributed by atoms with E-state index < -0.39 is 0 Å². The Hall–Kier alpha value is -1.10. The number of hydrogen-bond acceptors (Lipinski definition) is 5. The summed E-state index contributed by atoms with van der Waals surface area (Å²) < 4.78 is 5.16. The molecule has 0 saturated heterocycles. The third-order valence-corrected chi connectivity index (χ3v) is 2.21. The van der Waals surface area contributed by atoms with Crippen molar-refractivity contribution in [3.8, 4) is 0 Å². The van der Waals surface area contributed by atoms with Crippen LogP contribution in [0.3, 0.4) is 0 Å². The van der Waals surface area contributed by atoms with E-state index in [0.717, 1.165) is 0 Å². The van der Waals surface area contributed by atoms with Gasteiger partial charge in [-0.15, -0.1) is 0 Å². The molecule has 0 aliphatic rings. The molecule has 80 valence electrons. The van der Waals surface area contributed by atoms with E-state index in [1.54, 1.807) is 4.90 Å². The molecule has 5 heteroatoms. The molecule has 0 bridgehead atoms. The summed E-state index contributed by atoms with van der Waals surface area (Å²) in [6, 6.07) is 0. The lowest BCUT2D eigenvalue weighted by Crippen LogP contribution is -2.18. The molecule has 0 fully saturated rings. The fourth-order valence-electron chi connectivity index (χ4n) is 1.22. The highest BCUT2D eigenvalue weighted by atomic mass is 16.5. The van der Waals surface area contributed by atoms with Crippen molar-refractivity contribution in [3.05, 3.63) is 5.89 Å². The molecule has 5 nitrogen and oxygen atoms in total. The van der Waals surface area contributed by atoms with Gasteiger partial charge in [-0.05, 0) is 11.1 Å². The number of rotatable bonds is 4. The number of anilines is 1. The smallest absolute Gasteiger partial charge is 0.265 e. The van der Waals surface area contributed by atoms with Crippen molar-refractivity contribution in [2.75, 3.05) is 25.5 Å². The topological polar surface area (TPSA) is 68.2 Å². The summed E-state index contributed by atoms with van der Waals surface area (Å²) >= 11 is 0. The first-order valence-electron chi connectivity index (χ1n) is 4.77. The first-order valence-corrected chi connectivity index (χ1v) is 4.77. The second-order valence-electron chi connectivity index (χ2n) is 3.91. The van der Waals surface area contributed by atoms with Gasteiger partial charge >= 0.3 is 0 Å². The van der Waals surface area contributed by atoms with Crippen LogP contribution in [0.4, 0.5) is 5.95 Å². The summed E-state index contributed by atoms with van der Waals surface area (Å²) in [5.41, 5.74) is 5.65. The van der Waals surface area contributed by atoms with Gasteiger partial charge in [0.1, 0.15) is 0 Å². The van der Waals surface area contributed by atoms with Gasteiger partial charge in [-0.2, -0.15) is 4.98 Å². The van der Waals surface area contributed by atoms with Crippen LogP contribution in [0.25, 0.3) is 0 Å². The maximum atomic E-state index is 5.65. The lowest BCUT2D eigenvalue weighted by molar-refractivity contribution is 0.324. The predicted molar refractivity (Wildman–Crippen MR) is 55.3 cm³/mol. The first-order chi connectivity index (χ1) is 6.56. The van der Waals surface area contributed by atoms with Gasteiger partial charge in [0, 0.05) is 20.6 Å². The van der Waals surface area contributed by atoms with Gasteiger partial charge in [0.15, 0.2) is 0 Å². The third kappa shape index (κ3) is 2.23. The van der Waals surface area contributed by atoms with Crippen molar-refractivity contribution in [2.45, 2.75) is 19.8 Å². The Labute approximate surface area is 84.3 Å². The zero-order chi connectivity index (χ0) is 10.7. The molecule has 14 heavy (non-hydrogen) atoms. The quantitative estimate of drug-likeness (QED) is 0.776. The largest absolute Gasteiger partial charge is 0.344 e. The Balaban J connectivity index is 2.84. The van der Waals surface area contributed by atoms with E-state index in [-0.39, 0.29) is 5.92 Å². The molecule has 0 aliphatic carbocycles. The Bertz CT molecular complexity index is 282. The van der Waals surface area contributed by atoms with Gasteiger partial charge in [0.05, 0.1) is 5.92 Å². The molecule has 0 aliphatic heterocycles. The molecule has 2 N–H and O–H groups in total. The lowest BCUT2D eigenvalue weighted by atomic mass is 9.96. The fourth-order valence-corrected chi connectivity index (χ4v) is 1.22. The van der Waals surface area contributed by atoms with Crippen LogP contribution in [0, 0.1) is 5.92 Å². The molecule has 1 unspecified atom stereocenters. The molecular weight excluding hydrogens is 180 g/mol. The monoisotopic (exact) mass is 198 g/mol. The van der Waals surface area contributed by atoms with Crippen LogP contribution >= 0.6 is 0 Å². The van der Waals surface area contributed by atoms with Crippen LogP contribution in [0.5, 0.6) is 0 Å². The Morgan fingerprint density at radius 1 is 1.43 bits per heavy atom. The van der Waals surface area contributed by atoms with E-state index in [9.17, 15) is 0 Å². The SMILES string of the molecule is CC(C)C(CN)c1nc(N(C)C)no1. The molecule has 0 saturated carbocycles. The van der Waals surface area contributed by atoms with Gasteiger partial charge in [-0.3, -0.25) is 0 Å². The normalized spacial score (nSPS) is 13.3. The summed E-state index contributed by atoms with van der Waals surface area (Å²) in [6.07, 6.45) is 0. The van der Waals surface area contributed by atoms with Crippen molar-refractivity contribution in [1.29, 1.82) is 0 Å². The van der Waals surface area contributed by atoms with E-state index in [1.165, 1.54) is 0 Å². The van der Waals surface area contributed by atoms with Crippen molar-refractivity contribution < 1.29 is 4.52 Å². The van der Waals surface area contributed by atoms with Crippen LogP contribution in [-0.4, -0.2) is 30.8 Å². The summed E-state index contributed by atoms with van der Waals surface area (Å²) in [6.45, 7) is 4.72. The number of hydrogen-bond donors (Lipinski definition) is 1. The fraction of sp³-hybridized carbons (Fsp3) is 0.778. The average molecular weight is 198 g/mol. The Morgan fingerprint density at radius 2 is 2.07 bits per heavy atom. The lowest BCUT2D eigenvalue weighted by Gasteiger charge is -2.13. The molecule has 0 amide bonds. The maximum absolute atomic E-state index is 5.65. The summed E-state index contributed by atoms with van der Waals surface area (Å²) in [5.74, 6) is 1.79. The zero-order valence-corrected chi connectivity index (χ0v) is 9.19. The number of aromatic nitrogens is 2. The van der Waals surface area contributed by atoms with Gasteiger partial charge < -0.3 is 15.2 Å². The van der Waals surface area contributed by atoms with E-state index in [1.807, 2.05) is 14.1 Å². The highest BCUT2D eigenvalue weighted by Gasteiger charge is 2.21. The molecule has 1 aromatic heterocycles. The van der Waals surface area contributed by atoms with Gasteiger partial charge in [-0.1, -0.05) is 13.8 Å². The molecule has 1 heterocycles. The van der Waals surface area contributed by atoms with Gasteiger partial charge in [-0.25, -0.2) is 0 Å². The van der Waals surface area contributed by atoms with Crippen molar-refractivity contribution in [1.82, 2.24) is 10.1 Å². The highest BCUT2D eigenvalue weighted by Crippen LogP contribution is 2.22. The molecule has 0 radical (unpaired) electrons. The van der Waals surface area contributed by atoms with Crippen LogP contribution in [0.1, 0.15) is 25.7 Å². The van der Waals surface area contributed by atoms with E-state index in [2.05, 4.69) is 24.0 Å². The van der Waals surface area contributed by atoms with E-state index in [4.69, 9.17) is 10.3 Å². The van der Waals surface area contributed by atoms with Crippen molar-refractivity contribution in [3.63, 3.8) is 0 Å². The third-order valence-electron chi connectivity index (χ3n) is 2.21. The van der Waals surface area contributed by atoms with E-state index >= 15 is 0 Å². The first kappa shape index (κ1) is 11.0. The predicted octanol–water partition coefficient (Wildman–Crippen LogP) is 0.834. The molecule has 1 aromatic rings. The van der Waals surface area contributed by atoms with Crippen LogP contribution in [0.15, 0.2) is 4.52 Å². The summed E-state index contributed by atoms with van der Waals surface area (Å²) in [4.78, 5) is 6.08. The van der Waals surface area contributed by atoms with Crippen molar-refractivity contribution in [2.24, 2.45) is 11.7 Å². The van der Waals surface area contributed by atoms with Crippen molar-refractivity contribution >= 4 is 5.95 Å². The Morgan fingerprint density at radius 3 is 2.43 bits per heavy atom. The molecule has 1 atom stereocenters. The minimum Gasteiger partial charge on any atom is -0.344 e. The Kier molecular flexibility index (Phi) is 3.46. The number of nitrogens with zero attached hydrogens (tertiary/aromatic N) is 3. The second kappa shape index (κ2) is 4.41. The minimum atomic E-state index is 0.149. The summed E-state index contributed by atoms with van der Waals surface area (Å²) in [5, 5.41) is 3.85. The van der Waals surface area contributed by atoms with Gasteiger partial charge in [0.2, 0.25) is 5.89 Å². The zero-order valence-electron chi connectivity index (χ0n) is 9.19. The average Bonchev–Trinajstić information content (AvgIpc) is 2.53. The van der Waals surface area contributed by atoms with E-state index in [0.29, 0.717) is 24.3 Å². The van der Waals surface area contributed by atoms with Crippen LogP contribution < -0.4 is 10.6 Å². The highest BCUT2D eigenvalue weighted by molar-refractivity contribution is 5.24. The number of nitrogens with two attached hydrogens (primary N) is 1. The standard InChI is InChI=1S/C9H18N4O/c1-6(2)7(5-10)8-11-9(12-14-8)13(3)4/h6-7H,5,10H2,1-4H3. The minimum absolute atomic E-state index is 0.149. The second-order valence-corrected chi connectivity index (χ2v) is 3.91. The van der Waals surface area contributed by atoms with Crippen LogP contribution in [-0.2, 0) is 0 Å². The van der Waals surface area contributed by atoms with Gasteiger partial charge in [0.25, 0.3) is 5.95 Å².